The van der Waals surface area contributed by atoms with Gasteiger partial charge in [-0.2, -0.15) is 0 Å². The first-order valence-corrected chi connectivity index (χ1v) is 7.43. The topological polar surface area (TPSA) is 29.9 Å². The lowest BCUT2D eigenvalue weighted by Crippen LogP contribution is -2.29. The molecular formula is C15H29N3. The summed E-state index contributed by atoms with van der Waals surface area (Å²) in [6, 6.07) is 1.15. The van der Waals surface area contributed by atoms with E-state index in [1.54, 1.807) is 0 Å². The molecule has 18 heavy (non-hydrogen) atoms. The number of nitrogens with zero attached hydrogens (tertiary/aromatic N) is 2. The third kappa shape index (κ3) is 4.81. The molecule has 1 N–H and O–H groups in total. The predicted octanol–water partition coefficient (Wildman–Crippen LogP) is 3.91. The lowest BCUT2D eigenvalue weighted by Gasteiger charge is -2.19. The second-order valence-corrected chi connectivity index (χ2v) is 5.39. The number of hydrogen-bond donors (Lipinski definition) is 1. The summed E-state index contributed by atoms with van der Waals surface area (Å²) < 4.78 is 2.25. The molecule has 3 nitrogen and oxygen atoms in total. The summed E-state index contributed by atoms with van der Waals surface area (Å²) in [5.74, 6) is 0. The highest BCUT2D eigenvalue weighted by Gasteiger charge is 2.09. The van der Waals surface area contributed by atoms with Gasteiger partial charge in [-0.25, -0.2) is 4.98 Å². The molecule has 0 aliphatic heterocycles. The Bertz CT molecular complexity index is 317. The molecule has 1 unspecified atom stereocenters. The van der Waals surface area contributed by atoms with Crippen molar-refractivity contribution in [3.63, 3.8) is 0 Å². The molecule has 0 bridgehead atoms. The molecule has 0 spiro atoms. The van der Waals surface area contributed by atoms with Gasteiger partial charge in [-0.3, -0.25) is 0 Å². The van der Waals surface area contributed by atoms with Crippen molar-refractivity contribution in [2.75, 3.05) is 0 Å². The van der Waals surface area contributed by atoms with Crippen LogP contribution < -0.4 is 5.32 Å². The van der Waals surface area contributed by atoms with Crippen LogP contribution in [-0.2, 0) is 6.54 Å². The van der Waals surface area contributed by atoms with Crippen LogP contribution in [0.15, 0.2) is 12.5 Å². The molecule has 1 rings (SSSR count). The van der Waals surface area contributed by atoms with Crippen molar-refractivity contribution in [2.24, 2.45) is 0 Å². The smallest absolute Gasteiger partial charge is 0.0951 e. The largest absolute Gasteiger partial charge is 0.331 e. The Labute approximate surface area is 112 Å². The lowest BCUT2D eigenvalue weighted by atomic mass is 10.1. The molecule has 0 radical (unpaired) electrons. The van der Waals surface area contributed by atoms with Gasteiger partial charge in [-0.1, -0.05) is 33.1 Å². The zero-order chi connectivity index (χ0) is 13.4. The van der Waals surface area contributed by atoms with Crippen LogP contribution in [0.5, 0.6) is 0 Å². The van der Waals surface area contributed by atoms with Crippen molar-refractivity contribution in [2.45, 2.75) is 78.4 Å². The van der Waals surface area contributed by atoms with Gasteiger partial charge in [-0.05, 0) is 26.7 Å². The summed E-state index contributed by atoms with van der Waals surface area (Å²) in [6.45, 7) is 9.86. The van der Waals surface area contributed by atoms with Gasteiger partial charge >= 0.3 is 0 Å². The van der Waals surface area contributed by atoms with Gasteiger partial charge in [-0.15, -0.1) is 0 Å². The van der Waals surface area contributed by atoms with Crippen LogP contribution in [0, 0.1) is 0 Å². The Morgan fingerprint density at radius 3 is 2.61 bits per heavy atom. The number of hydrogen-bond acceptors (Lipinski definition) is 2. The maximum absolute atomic E-state index is 4.25. The van der Waals surface area contributed by atoms with Crippen LogP contribution in [0.4, 0.5) is 0 Å². The molecule has 0 aromatic carbocycles. The Kier molecular flexibility index (Phi) is 7.02. The van der Waals surface area contributed by atoms with Crippen LogP contribution in [0.25, 0.3) is 0 Å². The van der Waals surface area contributed by atoms with Gasteiger partial charge in [0.05, 0.1) is 12.0 Å². The quantitative estimate of drug-likeness (QED) is 0.721. The summed E-state index contributed by atoms with van der Waals surface area (Å²) in [5, 5.41) is 3.69. The number of nitrogens with one attached hydrogen (secondary N) is 1. The van der Waals surface area contributed by atoms with Gasteiger partial charge in [0.1, 0.15) is 0 Å². The second-order valence-electron chi connectivity index (χ2n) is 5.39. The normalized spacial score (nSPS) is 13.2. The lowest BCUT2D eigenvalue weighted by molar-refractivity contribution is 0.423. The van der Waals surface area contributed by atoms with E-state index in [1.165, 1.54) is 37.8 Å². The van der Waals surface area contributed by atoms with Gasteiger partial charge in [0.25, 0.3) is 0 Å². The highest BCUT2D eigenvalue weighted by atomic mass is 15.1. The number of aromatic nitrogens is 2. The van der Waals surface area contributed by atoms with Crippen molar-refractivity contribution >= 4 is 0 Å². The average molecular weight is 251 g/mol. The summed E-state index contributed by atoms with van der Waals surface area (Å²) in [5.41, 5.74) is 1.29. The molecule has 3 heteroatoms. The fourth-order valence-corrected chi connectivity index (χ4v) is 2.33. The Morgan fingerprint density at radius 1 is 1.22 bits per heavy atom. The monoisotopic (exact) mass is 251 g/mol. The first kappa shape index (κ1) is 15.2. The molecule has 0 aliphatic rings. The van der Waals surface area contributed by atoms with E-state index in [9.17, 15) is 0 Å². The maximum atomic E-state index is 4.25. The van der Waals surface area contributed by atoms with E-state index >= 15 is 0 Å². The van der Waals surface area contributed by atoms with E-state index in [4.69, 9.17) is 0 Å². The van der Waals surface area contributed by atoms with Crippen LogP contribution in [0.1, 0.15) is 71.5 Å². The molecule has 0 saturated heterocycles. The fraction of sp³-hybridized carbons (Fsp3) is 0.800. The molecule has 104 valence electrons. The molecule has 1 aromatic heterocycles. The van der Waals surface area contributed by atoms with Gasteiger partial charge < -0.3 is 9.88 Å². The van der Waals surface area contributed by atoms with Crippen molar-refractivity contribution in [1.29, 1.82) is 0 Å². The Morgan fingerprint density at radius 2 is 2.00 bits per heavy atom. The SMILES string of the molecule is CCCCC(CCC)NCc1cncn1C(C)C. The zero-order valence-corrected chi connectivity index (χ0v) is 12.4. The molecule has 1 atom stereocenters. The summed E-state index contributed by atoms with van der Waals surface area (Å²) in [6.07, 6.45) is 10.3. The van der Waals surface area contributed by atoms with Crippen LogP contribution >= 0.6 is 0 Å². The minimum absolute atomic E-state index is 0.490. The highest BCUT2D eigenvalue weighted by molar-refractivity contribution is 4.99. The Balaban J connectivity index is 2.47. The van der Waals surface area contributed by atoms with E-state index in [0.717, 1.165) is 6.54 Å². The fourth-order valence-electron chi connectivity index (χ4n) is 2.33. The molecule has 1 heterocycles. The Hall–Kier alpha value is -0.830. The molecule has 0 aliphatic carbocycles. The van der Waals surface area contributed by atoms with Crippen LogP contribution in [0.2, 0.25) is 0 Å². The van der Waals surface area contributed by atoms with Crippen LogP contribution in [0.3, 0.4) is 0 Å². The first-order valence-electron chi connectivity index (χ1n) is 7.43. The number of imidazole rings is 1. The molecule has 0 amide bonds. The van der Waals surface area contributed by atoms with Gasteiger partial charge in [0.2, 0.25) is 0 Å². The standard InChI is InChI=1S/C15H29N3/c1-5-7-9-14(8-6-2)17-11-15-10-16-12-18(15)13(3)4/h10,12-14,17H,5-9,11H2,1-4H3. The van der Waals surface area contributed by atoms with Crippen molar-refractivity contribution < 1.29 is 0 Å². The summed E-state index contributed by atoms with van der Waals surface area (Å²) in [4.78, 5) is 4.25. The molecule has 0 fully saturated rings. The minimum atomic E-state index is 0.490. The minimum Gasteiger partial charge on any atom is -0.331 e. The third-order valence-electron chi connectivity index (χ3n) is 3.42. The van der Waals surface area contributed by atoms with Gasteiger partial charge in [0.15, 0.2) is 0 Å². The summed E-state index contributed by atoms with van der Waals surface area (Å²) in [7, 11) is 0. The number of unbranched alkanes of at least 4 members (excludes halogenated alkanes) is 1. The average Bonchev–Trinajstić information content (AvgIpc) is 2.81. The van der Waals surface area contributed by atoms with Crippen molar-refractivity contribution in [3.05, 3.63) is 18.2 Å². The zero-order valence-electron chi connectivity index (χ0n) is 12.4. The van der Waals surface area contributed by atoms with Crippen molar-refractivity contribution in [3.8, 4) is 0 Å². The van der Waals surface area contributed by atoms with E-state index < -0.39 is 0 Å². The first-order chi connectivity index (χ1) is 8.69. The summed E-state index contributed by atoms with van der Waals surface area (Å²) >= 11 is 0. The van der Waals surface area contributed by atoms with E-state index in [2.05, 4.69) is 42.6 Å². The maximum Gasteiger partial charge on any atom is 0.0951 e. The second kappa shape index (κ2) is 8.30. The van der Waals surface area contributed by atoms with Gasteiger partial charge in [0, 0.05) is 24.8 Å². The molecular weight excluding hydrogens is 222 g/mol. The highest BCUT2D eigenvalue weighted by Crippen LogP contribution is 2.11. The molecule has 0 saturated carbocycles. The van der Waals surface area contributed by atoms with E-state index in [1.807, 2.05) is 12.5 Å². The number of rotatable bonds is 9. The van der Waals surface area contributed by atoms with E-state index in [-0.39, 0.29) is 0 Å². The third-order valence-corrected chi connectivity index (χ3v) is 3.42. The van der Waals surface area contributed by atoms with Crippen molar-refractivity contribution in [1.82, 2.24) is 14.9 Å². The predicted molar refractivity (Wildman–Crippen MR) is 77.7 cm³/mol. The van der Waals surface area contributed by atoms with E-state index in [0.29, 0.717) is 12.1 Å². The van der Waals surface area contributed by atoms with Crippen LogP contribution in [-0.4, -0.2) is 15.6 Å². The molecule has 1 aromatic rings.